The summed E-state index contributed by atoms with van der Waals surface area (Å²) >= 11 is 0. The van der Waals surface area contributed by atoms with E-state index in [9.17, 15) is 30.3 Å². The van der Waals surface area contributed by atoms with E-state index in [1.54, 1.807) is 32.0 Å². The van der Waals surface area contributed by atoms with Crippen molar-refractivity contribution < 1.29 is 48.6 Å². The molecule has 0 radical (unpaired) electrons. The van der Waals surface area contributed by atoms with E-state index in [4.69, 9.17) is 23.0 Å². The maximum Gasteiger partial charge on any atom is 0.336 e. The molecule has 1 aromatic carbocycles. The molecule has 0 spiro atoms. The highest BCUT2D eigenvalue weighted by Gasteiger charge is 2.46. The van der Waals surface area contributed by atoms with Gasteiger partial charge in [0.15, 0.2) is 6.29 Å². The molecule has 38 heavy (non-hydrogen) atoms. The van der Waals surface area contributed by atoms with E-state index in [1.807, 2.05) is 13.0 Å². The van der Waals surface area contributed by atoms with E-state index >= 15 is 0 Å². The lowest BCUT2D eigenvalue weighted by Crippen LogP contribution is -2.60. The molecular formula is C27H34O11. The van der Waals surface area contributed by atoms with Gasteiger partial charge in [-0.15, -0.1) is 0 Å². The molecule has 3 heterocycles. The van der Waals surface area contributed by atoms with Crippen molar-refractivity contribution in [2.45, 2.75) is 76.0 Å². The summed E-state index contributed by atoms with van der Waals surface area (Å²) in [7, 11) is 0. The first kappa shape index (κ1) is 28.2. The molecule has 1 saturated heterocycles. The molecule has 1 aliphatic rings. The number of benzene rings is 1. The summed E-state index contributed by atoms with van der Waals surface area (Å²) < 4.78 is 28.1. The van der Waals surface area contributed by atoms with Crippen LogP contribution in [0.2, 0.25) is 0 Å². The molecule has 0 amide bonds. The number of rotatable bonds is 10. The molecule has 1 aliphatic heterocycles. The Morgan fingerprint density at radius 1 is 1.11 bits per heavy atom. The predicted molar refractivity (Wildman–Crippen MR) is 136 cm³/mol. The van der Waals surface area contributed by atoms with Gasteiger partial charge < -0.3 is 48.6 Å². The zero-order chi connectivity index (χ0) is 27.6. The van der Waals surface area contributed by atoms with Crippen molar-refractivity contribution in [2.75, 3.05) is 13.2 Å². The zero-order valence-corrected chi connectivity index (χ0v) is 21.4. The number of aliphatic hydroxyl groups excluding tert-OH is 4. The molecule has 0 aliphatic carbocycles. The van der Waals surface area contributed by atoms with Crippen LogP contribution in [0.25, 0.3) is 21.9 Å². The third-order valence-electron chi connectivity index (χ3n) is 6.70. The molecule has 5 N–H and O–H groups in total. The van der Waals surface area contributed by atoms with Crippen molar-refractivity contribution in [3.05, 3.63) is 52.6 Å². The van der Waals surface area contributed by atoms with Gasteiger partial charge in [0, 0.05) is 12.1 Å². The molecule has 11 nitrogen and oxygen atoms in total. The summed E-state index contributed by atoms with van der Waals surface area (Å²) in [5, 5.41) is 51.8. The number of fused-ring (bicyclic) bond motifs is 2. The summed E-state index contributed by atoms with van der Waals surface area (Å²) in [6, 6.07) is 6.39. The second kappa shape index (κ2) is 11.5. The van der Waals surface area contributed by atoms with Crippen LogP contribution in [0.4, 0.5) is 0 Å². The lowest BCUT2D eigenvalue weighted by Gasteiger charge is -2.42. The Bertz CT molecular complexity index is 1320. The van der Waals surface area contributed by atoms with E-state index in [1.165, 1.54) is 12.3 Å². The number of ether oxygens (including phenoxy) is 3. The molecule has 1 fully saturated rings. The van der Waals surface area contributed by atoms with E-state index in [-0.39, 0.29) is 6.61 Å². The fraction of sp³-hybridized carbons (Fsp3) is 0.519. The fourth-order valence-corrected chi connectivity index (χ4v) is 4.42. The van der Waals surface area contributed by atoms with Crippen LogP contribution in [0.15, 0.2) is 55.8 Å². The SMILES string of the molecule is C/C(=C/COc1c2ccoc2cc2oc(=O)ccc12)CCC(O[C@@H]1O[C@H](CO)[C@@H](O)[C@H](O)[C@H]1O)C(C)(C)O. The number of furan rings is 1. The average molecular weight is 535 g/mol. The Morgan fingerprint density at radius 3 is 2.55 bits per heavy atom. The number of aliphatic hydroxyl groups is 5. The van der Waals surface area contributed by atoms with Crippen molar-refractivity contribution in [1.82, 2.24) is 0 Å². The number of allylic oxidation sites excluding steroid dienone is 1. The summed E-state index contributed by atoms with van der Waals surface area (Å²) in [6.45, 7) is 4.64. The first-order chi connectivity index (χ1) is 18.0. The molecule has 6 atom stereocenters. The molecule has 4 rings (SSSR count). The van der Waals surface area contributed by atoms with Gasteiger partial charge in [-0.1, -0.05) is 5.57 Å². The Morgan fingerprint density at radius 2 is 1.84 bits per heavy atom. The quantitative estimate of drug-likeness (QED) is 0.189. The Labute approximate surface area is 218 Å². The highest BCUT2D eigenvalue weighted by atomic mass is 16.7. The standard InChI is InChI=1S/C27H34O11/c1-14(4-6-20(27(2,3)33)38-26-24(32)23(31)22(30)19(13-28)37-26)8-10-35-25-15-5-7-21(29)36-18(15)12-17-16(25)9-11-34-17/h5,7-9,11-12,19-20,22-24,26,28,30-33H,4,6,10,13H2,1-3H3/b14-8-/t19-,20?,22-,23+,24-,26+/m1/s1. The van der Waals surface area contributed by atoms with Gasteiger partial charge in [0.25, 0.3) is 0 Å². The first-order valence-corrected chi connectivity index (χ1v) is 12.4. The van der Waals surface area contributed by atoms with Gasteiger partial charge in [0.05, 0.1) is 35.3 Å². The number of hydrogen-bond donors (Lipinski definition) is 5. The van der Waals surface area contributed by atoms with Gasteiger partial charge in [0.2, 0.25) is 0 Å². The monoisotopic (exact) mass is 534 g/mol. The van der Waals surface area contributed by atoms with Crippen molar-refractivity contribution in [3.63, 3.8) is 0 Å². The smallest absolute Gasteiger partial charge is 0.336 e. The molecule has 11 heteroatoms. The van der Waals surface area contributed by atoms with Crippen molar-refractivity contribution in [2.24, 2.45) is 0 Å². The Hall–Kier alpha value is -2.77. The highest BCUT2D eigenvalue weighted by Crippen LogP contribution is 2.35. The van der Waals surface area contributed by atoms with Crippen LogP contribution in [0.1, 0.15) is 33.6 Å². The van der Waals surface area contributed by atoms with Crippen LogP contribution in [0.3, 0.4) is 0 Å². The van der Waals surface area contributed by atoms with Gasteiger partial charge >= 0.3 is 5.63 Å². The van der Waals surface area contributed by atoms with Crippen LogP contribution in [-0.4, -0.2) is 81.2 Å². The summed E-state index contributed by atoms with van der Waals surface area (Å²) in [5.41, 5.74) is 0.0224. The minimum atomic E-state index is -1.57. The van der Waals surface area contributed by atoms with Crippen LogP contribution in [0, 0.1) is 0 Å². The average Bonchev–Trinajstić information content (AvgIpc) is 3.33. The van der Waals surface area contributed by atoms with Crippen LogP contribution < -0.4 is 10.4 Å². The lowest BCUT2D eigenvalue weighted by atomic mass is 9.94. The summed E-state index contributed by atoms with van der Waals surface area (Å²) in [5.74, 6) is 0.527. The minimum Gasteiger partial charge on any atom is -0.488 e. The molecular weight excluding hydrogens is 500 g/mol. The molecule has 2 aromatic heterocycles. The predicted octanol–water partition coefficient (Wildman–Crippen LogP) is 1.60. The molecule has 0 bridgehead atoms. The lowest BCUT2D eigenvalue weighted by molar-refractivity contribution is -0.322. The third kappa shape index (κ3) is 6.10. The largest absolute Gasteiger partial charge is 0.488 e. The van der Waals surface area contributed by atoms with Crippen molar-refractivity contribution in [1.29, 1.82) is 0 Å². The third-order valence-corrected chi connectivity index (χ3v) is 6.70. The molecule has 1 unspecified atom stereocenters. The summed E-state index contributed by atoms with van der Waals surface area (Å²) in [6.07, 6.45) is -3.65. The fourth-order valence-electron chi connectivity index (χ4n) is 4.42. The zero-order valence-electron chi connectivity index (χ0n) is 21.4. The molecule has 3 aromatic rings. The van der Waals surface area contributed by atoms with Gasteiger partial charge in [-0.3, -0.25) is 0 Å². The van der Waals surface area contributed by atoms with E-state index in [2.05, 4.69) is 0 Å². The second-order valence-corrected chi connectivity index (χ2v) is 10.1. The van der Waals surface area contributed by atoms with Gasteiger partial charge in [-0.2, -0.15) is 0 Å². The topological polar surface area (TPSA) is 172 Å². The van der Waals surface area contributed by atoms with Gasteiger partial charge in [-0.05, 0) is 51.8 Å². The normalized spacial score (nSPS) is 25.7. The van der Waals surface area contributed by atoms with Crippen molar-refractivity contribution >= 4 is 21.9 Å². The second-order valence-electron chi connectivity index (χ2n) is 10.1. The first-order valence-electron chi connectivity index (χ1n) is 12.4. The van der Waals surface area contributed by atoms with Gasteiger partial charge in [0.1, 0.15) is 47.9 Å². The van der Waals surface area contributed by atoms with Crippen LogP contribution in [0.5, 0.6) is 5.75 Å². The minimum absolute atomic E-state index is 0.213. The van der Waals surface area contributed by atoms with E-state index in [0.717, 1.165) is 11.0 Å². The van der Waals surface area contributed by atoms with Crippen molar-refractivity contribution in [3.8, 4) is 5.75 Å². The molecule has 0 saturated carbocycles. The Kier molecular flexibility index (Phi) is 8.58. The maximum atomic E-state index is 11.6. The maximum absolute atomic E-state index is 11.6. The van der Waals surface area contributed by atoms with E-state index in [0.29, 0.717) is 35.1 Å². The van der Waals surface area contributed by atoms with Gasteiger partial charge in [-0.25, -0.2) is 4.79 Å². The van der Waals surface area contributed by atoms with E-state index < -0.39 is 54.6 Å². The Balaban J connectivity index is 1.42. The highest BCUT2D eigenvalue weighted by molar-refractivity contribution is 6.01. The van der Waals surface area contributed by atoms with Crippen LogP contribution in [-0.2, 0) is 9.47 Å². The number of hydrogen-bond acceptors (Lipinski definition) is 11. The summed E-state index contributed by atoms with van der Waals surface area (Å²) in [4.78, 5) is 11.6. The van der Waals surface area contributed by atoms with Crippen LogP contribution >= 0.6 is 0 Å². The molecule has 208 valence electrons.